The molecule has 0 aliphatic heterocycles. The van der Waals surface area contributed by atoms with Gasteiger partial charge >= 0.3 is 0 Å². The standard InChI is InChI=1S/C14H25N3/c1-4-7-10-17(6-3)12-8-9-14(16-11-12)13(15)5-2/h8-9,11,13H,4-7,10,15H2,1-3H3/t13-/m0/s1. The Hall–Kier alpha value is -1.09. The highest BCUT2D eigenvalue weighted by molar-refractivity contribution is 5.44. The number of aromatic nitrogens is 1. The maximum Gasteiger partial charge on any atom is 0.0572 e. The van der Waals surface area contributed by atoms with Crippen LogP contribution in [0.3, 0.4) is 0 Å². The second-order valence-electron chi connectivity index (χ2n) is 4.39. The number of unbranched alkanes of at least 4 members (excludes halogenated alkanes) is 1. The molecule has 0 radical (unpaired) electrons. The molecule has 0 bridgehead atoms. The quantitative estimate of drug-likeness (QED) is 0.789. The molecule has 1 aromatic heterocycles. The first kappa shape index (κ1) is 14.0. The average molecular weight is 235 g/mol. The topological polar surface area (TPSA) is 42.1 Å². The van der Waals surface area contributed by atoms with Crippen molar-refractivity contribution >= 4 is 5.69 Å². The molecule has 1 heterocycles. The number of hydrogen-bond acceptors (Lipinski definition) is 3. The van der Waals surface area contributed by atoms with Crippen molar-refractivity contribution < 1.29 is 0 Å². The molecule has 0 aromatic carbocycles. The van der Waals surface area contributed by atoms with Crippen LogP contribution in [-0.2, 0) is 0 Å². The first-order valence-electron chi connectivity index (χ1n) is 6.69. The van der Waals surface area contributed by atoms with E-state index in [4.69, 9.17) is 5.73 Å². The molecule has 1 atom stereocenters. The van der Waals surface area contributed by atoms with E-state index in [9.17, 15) is 0 Å². The lowest BCUT2D eigenvalue weighted by Gasteiger charge is -2.23. The molecule has 0 spiro atoms. The Labute approximate surface area is 105 Å². The van der Waals surface area contributed by atoms with E-state index >= 15 is 0 Å². The van der Waals surface area contributed by atoms with Crippen molar-refractivity contribution in [2.75, 3.05) is 18.0 Å². The van der Waals surface area contributed by atoms with Crippen molar-refractivity contribution in [2.24, 2.45) is 5.73 Å². The van der Waals surface area contributed by atoms with Crippen LogP contribution in [0.1, 0.15) is 51.8 Å². The van der Waals surface area contributed by atoms with E-state index in [0.29, 0.717) is 0 Å². The van der Waals surface area contributed by atoms with Crippen molar-refractivity contribution in [3.05, 3.63) is 24.0 Å². The van der Waals surface area contributed by atoms with E-state index in [0.717, 1.165) is 25.2 Å². The van der Waals surface area contributed by atoms with Gasteiger partial charge in [-0.1, -0.05) is 20.3 Å². The monoisotopic (exact) mass is 235 g/mol. The van der Waals surface area contributed by atoms with E-state index in [1.165, 1.54) is 18.5 Å². The summed E-state index contributed by atoms with van der Waals surface area (Å²) in [5, 5.41) is 0. The fourth-order valence-corrected chi connectivity index (χ4v) is 1.83. The van der Waals surface area contributed by atoms with E-state index in [1.54, 1.807) is 0 Å². The van der Waals surface area contributed by atoms with Gasteiger partial charge in [-0.3, -0.25) is 4.98 Å². The molecular formula is C14H25N3. The van der Waals surface area contributed by atoms with Crippen LogP contribution < -0.4 is 10.6 Å². The van der Waals surface area contributed by atoms with Crippen LogP contribution >= 0.6 is 0 Å². The maximum atomic E-state index is 5.96. The van der Waals surface area contributed by atoms with Crippen LogP contribution in [0, 0.1) is 0 Å². The van der Waals surface area contributed by atoms with Gasteiger partial charge in [0.2, 0.25) is 0 Å². The Kier molecular flexibility index (Phi) is 5.98. The Balaban J connectivity index is 2.70. The van der Waals surface area contributed by atoms with Gasteiger partial charge in [-0.05, 0) is 31.9 Å². The van der Waals surface area contributed by atoms with Crippen LogP contribution in [0.2, 0.25) is 0 Å². The molecule has 3 nitrogen and oxygen atoms in total. The molecule has 1 aromatic rings. The molecule has 2 N–H and O–H groups in total. The molecule has 1 rings (SSSR count). The summed E-state index contributed by atoms with van der Waals surface area (Å²) in [5.41, 5.74) is 8.15. The fraction of sp³-hybridized carbons (Fsp3) is 0.643. The lowest BCUT2D eigenvalue weighted by atomic mass is 10.1. The van der Waals surface area contributed by atoms with Crippen molar-refractivity contribution in [1.82, 2.24) is 4.98 Å². The number of pyridine rings is 1. The summed E-state index contributed by atoms with van der Waals surface area (Å²) >= 11 is 0. The van der Waals surface area contributed by atoms with E-state index in [2.05, 4.69) is 42.8 Å². The number of anilines is 1. The Morgan fingerprint density at radius 3 is 2.53 bits per heavy atom. The Bertz CT molecular complexity index is 308. The smallest absolute Gasteiger partial charge is 0.0572 e. The van der Waals surface area contributed by atoms with E-state index in [1.807, 2.05) is 6.20 Å². The first-order chi connectivity index (χ1) is 8.22. The Morgan fingerprint density at radius 1 is 1.29 bits per heavy atom. The van der Waals surface area contributed by atoms with Crippen LogP contribution in [0.4, 0.5) is 5.69 Å². The summed E-state index contributed by atoms with van der Waals surface area (Å²) < 4.78 is 0. The van der Waals surface area contributed by atoms with Gasteiger partial charge < -0.3 is 10.6 Å². The summed E-state index contributed by atoms with van der Waals surface area (Å²) in [4.78, 5) is 6.82. The highest BCUT2D eigenvalue weighted by Crippen LogP contribution is 2.17. The minimum Gasteiger partial charge on any atom is -0.371 e. The highest BCUT2D eigenvalue weighted by Gasteiger charge is 2.07. The van der Waals surface area contributed by atoms with Gasteiger partial charge in [0.25, 0.3) is 0 Å². The van der Waals surface area contributed by atoms with Gasteiger partial charge in [0.05, 0.1) is 17.6 Å². The molecule has 0 aliphatic rings. The number of nitrogens with two attached hydrogens (primary N) is 1. The molecule has 96 valence electrons. The number of nitrogens with zero attached hydrogens (tertiary/aromatic N) is 2. The van der Waals surface area contributed by atoms with Crippen LogP contribution in [0.5, 0.6) is 0 Å². The van der Waals surface area contributed by atoms with Crippen molar-refractivity contribution in [2.45, 2.75) is 46.1 Å². The minimum atomic E-state index is 0.0646. The number of hydrogen-bond donors (Lipinski definition) is 1. The van der Waals surface area contributed by atoms with Gasteiger partial charge in [-0.15, -0.1) is 0 Å². The van der Waals surface area contributed by atoms with Crippen LogP contribution in [0.25, 0.3) is 0 Å². The largest absolute Gasteiger partial charge is 0.371 e. The van der Waals surface area contributed by atoms with Gasteiger partial charge in [-0.2, -0.15) is 0 Å². The Morgan fingerprint density at radius 2 is 2.06 bits per heavy atom. The molecule has 0 unspecified atom stereocenters. The molecule has 0 amide bonds. The molecule has 0 fully saturated rings. The summed E-state index contributed by atoms with van der Waals surface area (Å²) in [7, 11) is 0. The lowest BCUT2D eigenvalue weighted by Crippen LogP contribution is -2.24. The van der Waals surface area contributed by atoms with Crippen molar-refractivity contribution in [1.29, 1.82) is 0 Å². The van der Waals surface area contributed by atoms with Gasteiger partial charge in [0.15, 0.2) is 0 Å². The molecule has 3 heteroatoms. The minimum absolute atomic E-state index is 0.0646. The molecule has 0 saturated heterocycles. The molecule has 0 aliphatic carbocycles. The van der Waals surface area contributed by atoms with E-state index in [-0.39, 0.29) is 6.04 Å². The van der Waals surface area contributed by atoms with Crippen molar-refractivity contribution in [3.8, 4) is 0 Å². The summed E-state index contributed by atoms with van der Waals surface area (Å²) in [5.74, 6) is 0. The van der Waals surface area contributed by atoms with Crippen LogP contribution in [-0.4, -0.2) is 18.1 Å². The predicted octanol–water partition coefficient (Wildman–Crippen LogP) is 3.12. The van der Waals surface area contributed by atoms with Crippen LogP contribution in [0.15, 0.2) is 18.3 Å². The maximum absolute atomic E-state index is 5.96. The summed E-state index contributed by atoms with van der Waals surface area (Å²) in [6.07, 6.45) is 5.33. The fourth-order valence-electron chi connectivity index (χ4n) is 1.83. The third-order valence-electron chi connectivity index (χ3n) is 3.12. The SMILES string of the molecule is CCCCN(CC)c1ccc([C@@H](N)CC)nc1. The zero-order valence-corrected chi connectivity index (χ0v) is 11.3. The zero-order valence-electron chi connectivity index (χ0n) is 11.3. The van der Waals surface area contributed by atoms with Crippen molar-refractivity contribution in [3.63, 3.8) is 0 Å². The second-order valence-corrected chi connectivity index (χ2v) is 4.39. The normalized spacial score (nSPS) is 12.5. The lowest BCUT2D eigenvalue weighted by molar-refractivity contribution is 0.673. The highest BCUT2D eigenvalue weighted by atomic mass is 15.1. The van der Waals surface area contributed by atoms with Gasteiger partial charge in [0, 0.05) is 19.1 Å². The zero-order chi connectivity index (χ0) is 12.7. The van der Waals surface area contributed by atoms with Gasteiger partial charge in [-0.25, -0.2) is 0 Å². The third-order valence-corrected chi connectivity index (χ3v) is 3.12. The van der Waals surface area contributed by atoms with E-state index < -0.39 is 0 Å². The second kappa shape index (κ2) is 7.28. The third kappa shape index (κ3) is 4.00. The number of rotatable bonds is 7. The summed E-state index contributed by atoms with van der Waals surface area (Å²) in [6, 6.07) is 4.25. The molecule has 0 saturated carbocycles. The summed E-state index contributed by atoms with van der Waals surface area (Å²) in [6.45, 7) is 8.62. The van der Waals surface area contributed by atoms with Gasteiger partial charge in [0.1, 0.15) is 0 Å². The average Bonchev–Trinajstić information content (AvgIpc) is 2.39. The molecular weight excluding hydrogens is 210 g/mol. The first-order valence-corrected chi connectivity index (χ1v) is 6.69. The predicted molar refractivity (Wildman–Crippen MR) is 74.3 cm³/mol. The molecule has 17 heavy (non-hydrogen) atoms.